The second-order valence-electron chi connectivity index (χ2n) is 25.6. The molecule has 0 aromatic carbocycles. The lowest BCUT2D eigenvalue weighted by molar-refractivity contribution is -0.390. The highest BCUT2D eigenvalue weighted by Gasteiger charge is 2.31. The van der Waals surface area contributed by atoms with Crippen LogP contribution < -0.4 is 77.5 Å². The molecule has 0 atom stereocenters. The zero-order chi connectivity index (χ0) is 100.0. The van der Waals surface area contributed by atoms with Crippen molar-refractivity contribution in [3.05, 3.63) is 218 Å². The van der Waals surface area contributed by atoms with Gasteiger partial charge in [0.25, 0.3) is 17.7 Å². The first-order valence-electron chi connectivity index (χ1n) is 37.8. The first-order chi connectivity index (χ1) is 65.0. The number of carbonyl (C=O) groups is 4. The summed E-state index contributed by atoms with van der Waals surface area (Å²) < 4.78 is 37.8. The van der Waals surface area contributed by atoms with Gasteiger partial charge >= 0.3 is 11.6 Å². The van der Waals surface area contributed by atoms with E-state index in [9.17, 15) is 39.4 Å². The summed E-state index contributed by atoms with van der Waals surface area (Å²) in [6, 6.07) is 19.5. The summed E-state index contributed by atoms with van der Waals surface area (Å²) in [7, 11) is 18.7. The van der Waals surface area contributed by atoms with E-state index >= 15 is 0 Å². The summed E-state index contributed by atoms with van der Waals surface area (Å²) in [5.74, 6) is 3.30. The van der Waals surface area contributed by atoms with Crippen molar-refractivity contribution >= 4 is 180 Å². The van der Waals surface area contributed by atoms with Gasteiger partial charge in [-0.05, 0) is 139 Å². The number of nitrogens with zero attached hydrogens (tertiary/aromatic N) is 26. The van der Waals surface area contributed by atoms with E-state index in [1.165, 1.54) is 98.6 Å². The molecule has 1 aliphatic rings. The average Bonchev–Trinajstić information content (AvgIpc) is 1.48. The maximum atomic E-state index is 12.3. The van der Waals surface area contributed by atoms with Crippen LogP contribution in [0.25, 0.3) is 34.2 Å². The number of aromatic nitrogens is 23. The Morgan fingerprint density at radius 3 is 1.26 bits per heavy atom. The molecule has 15 rings (SSSR count). The van der Waals surface area contributed by atoms with Gasteiger partial charge in [0, 0.05) is 110 Å². The molecule has 4 amide bonds. The van der Waals surface area contributed by atoms with Crippen molar-refractivity contribution in [1.82, 2.24) is 131 Å². The van der Waals surface area contributed by atoms with Crippen LogP contribution in [-0.4, -0.2) is 222 Å². The molecule has 0 unspecified atom stereocenters. The second kappa shape index (κ2) is 53.1. The van der Waals surface area contributed by atoms with Gasteiger partial charge in [0.05, 0.1) is 105 Å². The van der Waals surface area contributed by atoms with Gasteiger partial charge in [0.1, 0.15) is 43.2 Å². The molecule has 58 heteroatoms. The van der Waals surface area contributed by atoms with E-state index in [-0.39, 0.29) is 83.6 Å². The van der Waals surface area contributed by atoms with Crippen LogP contribution in [0.4, 0.5) is 57.9 Å². The minimum atomic E-state index is -0.750. The van der Waals surface area contributed by atoms with Crippen molar-refractivity contribution in [2.75, 3.05) is 97.0 Å². The molecule has 51 nitrogen and oxygen atoms in total. The van der Waals surface area contributed by atoms with Crippen molar-refractivity contribution in [1.29, 1.82) is 5.26 Å². The van der Waals surface area contributed by atoms with Gasteiger partial charge in [-0.15, -0.1) is 30.6 Å². The van der Waals surface area contributed by atoms with Crippen LogP contribution in [0.1, 0.15) is 49.9 Å². The summed E-state index contributed by atoms with van der Waals surface area (Å²) in [6.45, 7) is 0. The normalized spacial score (nSPS) is 10.5. The molecule has 136 heavy (non-hydrogen) atoms. The number of nitrogens with one attached hydrogen (secondary N) is 6. The van der Waals surface area contributed by atoms with Crippen LogP contribution in [0.2, 0.25) is 15.3 Å². The third-order valence-corrected chi connectivity index (χ3v) is 19.7. The SMILES string of the molecule is CNC(=O)c1nnc(Cl)cc1Cl.CNC(=O)c1nnc(Cl)cc1Nc1nccc(-c2ncn(C)n2)c1OC.CNC(=O)c1nnc(NC(=O)C2CC2)cc1Nc1nccc(-c2ncn(C)n2)c1OC.COc1c(-c2ncn(C)n2)ccnc1N.COc1c(Br)ccnc1N.COc1c(Br)ccnc1[N+](=O)[O-].COc1c(C#N)ccnc1N.O=[N+]([O-])c1nccc(Br)c1O.Oc1cnccc1Br. The van der Waals surface area contributed by atoms with E-state index in [0.717, 1.165) is 22.9 Å². The average molecular weight is 2190 g/mol. The Kier molecular flexibility index (Phi) is 41.8. The van der Waals surface area contributed by atoms with Crippen LogP contribution >= 0.6 is 98.5 Å². The number of hydrogen-bond donors (Lipinski definition) is 11. The second-order valence-corrected chi connectivity index (χ2v) is 30.2. The van der Waals surface area contributed by atoms with Gasteiger partial charge in [-0.3, -0.25) is 38.2 Å². The topological polar surface area (TPSA) is 697 Å². The van der Waals surface area contributed by atoms with E-state index in [2.05, 4.69) is 196 Å². The van der Waals surface area contributed by atoms with Crippen molar-refractivity contribution in [2.45, 2.75) is 12.8 Å². The lowest BCUT2D eigenvalue weighted by Crippen LogP contribution is -2.22. The molecule has 14 N–H and O–H groups in total. The van der Waals surface area contributed by atoms with Gasteiger partial charge in [-0.1, -0.05) is 34.8 Å². The van der Waals surface area contributed by atoms with Crippen molar-refractivity contribution in [3.8, 4) is 86.2 Å². The first kappa shape index (κ1) is 107. The van der Waals surface area contributed by atoms with Gasteiger partial charge in [0.2, 0.25) is 17.4 Å². The lowest BCUT2D eigenvalue weighted by Gasteiger charge is -2.15. The number of methoxy groups -OCH3 is 6. The number of aromatic hydroxyl groups is 2. The fourth-order valence-electron chi connectivity index (χ4n) is 10.2. The van der Waals surface area contributed by atoms with E-state index in [4.69, 9.17) is 95.9 Å². The molecule has 0 saturated heterocycles. The largest absolute Gasteiger partial charge is 0.505 e. The van der Waals surface area contributed by atoms with E-state index < -0.39 is 33.2 Å². The highest BCUT2D eigenvalue weighted by Crippen LogP contribution is 2.40. The van der Waals surface area contributed by atoms with Crippen LogP contribution in [0, 0.1) is 37.5 Å². The van der Waals surface area contributed by atoms with Crippen LogP contribution in [0.15, 0.2) is 159 Å². The summed E-state index contributed by atoms with van der Waals surface area (Å²) >= 11 is 29.4. The number of carbonyl (C=O) groups excluding carboxylic acids is 4. The highest BCUT2D eigenvalue weighted by atomic mass is 79.9. The number of anilines is 8. The molecule has 1 aliphatic carbocycles. The van der Waals surface area contributed by atoms with E-state index in [1.807, 2.05) is 6.07 Å². The van der Waals surface area contributed by atoms with Gasteiger partial charge in [-0.2, -0.15) is 20.6 Å². The van der Waals surface area contributed by atoms with Crippen LogP contribution in [0.5, 0.6) is 46.0 Å². The zero-order valence-electron chi connectivity index (χ0n) is 72.9. The number of amides is 4. The van der Waals surface area contributed by atoms with E-state index in [1.54, 1.807) is 142 Å². The lowest BCUT2D eigenvalue weighted by atomic mass is 10.2. The third kappa shape index (κ3) is 30.6. The van der Waals surface area contributed by atoms with Crippen molar-refractivity contribution in [2.24, 2.45) is 27.1 Å². The maximum Gasteiger partial charge on any atom is 0.407 e. The minimum Gasteiger partial charge on any atom is -0.505 e. The quantitative estimate of drug-likeness (QED) is 0.0249. The summed E-state index contributed by atoms with van der Waals surface area (Å²) in [6.07, 6.45) is 19.9. The summed E-state index contributed by atoms with van der Waals surface area (Å²) in [4.78, 5) is 110. The number of nitrogens with two attached hydrogens (primary N) is 3. The Hall–Kier alpha value is -15.8. The summed E-state index contributed by atoms with van der Waals surface area (Å²) in [5, 5.41) is 98.8. The molecule has 0 radical (unpaired) electrons. The Labute approximate surface area is 818 Å². The smallest absolute Gasteiger partial charge is 0.407 e. The Morgan fingerprint density at radius 1 is 0.478 bits per heavy atom. The number of nitriles is 1. The predicted molar refractivity (Wildman–Crippen MR) is 508 cm³/mol. The molecular weight excluding hydrogens is 2110 g/mol. The standard InChI is InChI=1S/C19H21N9O3.C15H15ClN8O2.C9H11N5O.C7H7N3O.C6H5BrN2O3.C6H7BrN2O.C6H5Cl2N3O.C5H3BrN2O3.C5H4BrNO/c1-20-19(30)14-12(8-13(25-26-14)24-18(29)10-4-5-10)23-17-15(31-3)11(6-7-21-17)16-22-9-28(2)27-16;1-17-15(25)11-9(6-10(16)21-22-11)20-14-12(26-3)8(4-5-18-14)13-19-7-24(2)23-13;1-14-5-12-9(13-14)6-3-4-11-8(10)7(6)15-2;1-11-6-5(4-8)2-3-10-7(6)9;1-12-5-4(7)2-3-8-6(5)9(10)11;1-10-5-4(7)2-3-9-6(5)8;1-9-6(12)5-3(7)2-4(8)10-11-5;6-3-1-2-7-5(4(3)9)8(10)11;6-4-1-2-7-3-5(4)8/h6-10H,4-5H2,1-3H3,(H,20,30)(H2,21,23,24,25,29);4-7H,1-3H3,(H,17,25)(H,18,20,21);3-5H,1-2H3,(H2,10,11);2-3H,1H3,(H2,9,10);2-3H,1H3;2-3H,1H3,(H2,8,9);2H,1H3,(H,9,12);1-2,9H;1-3,8H. The highest BCUT2D eigenvalue weighted by molar-refractivity contribution is 9.11. The van der Waals surface area contributed by atoms with Gasteiger partial charge in [0.15, 0.2) is 109 Å². The molecule has 14 aromatic heterocycles. The molecule has 710 valence electrons. The van der Waals surface area contributed by atoms with Crippen LogP contribution in [0.3, 0.4) is 0 Å². The fraction of sp³-hybridized carbons (Fsp3) is 0.192. The fourth-order valence-corrected chi connectivity index (χ4v) is 12.2. The molecule has 14 heterocycles. The summed E-state index contributed by atoms with van der Waals surface area (Å²) in [5.41, 5.74) is 19.8. The molecule has 14 aromatic rings. The number of aryl methyl sites for hydroxylation is 3. The minimum absolute atomic E-state index is 0.00106. The molecular formula is C78H78Br4Cl3N35O16. The number of pyridine rings is 8. The Bertz CT molecular complexity index is 6530. The molecule has 0 spiro atoms. The maximum absolute atomic E-state index is 12.3. The van der Waals surface area contributed by atoms with Crippen molar-refractivity contribution in [3.63, 3.8) is 0 Å². The van der Waals surface area contributed by atoms with Crippen LogP contribution in [-0.2, 0) is 25.9 Å². The number of ether oxygens (including phenoxy) is 6. The Morgan fingerprint density at radius 2 is 0.868 bits per heavy atom. The molecule has 1 fully saturated rings. The zero-order valence-corrected chi connectivity index (χ0v) is 81.5. The Balaban J connectivity index is 0.000000217. The number of hydrogen-bond acceptors (Lipinski definition) is 42. The number of rotatable bonds is 20. The monoisotopic (exact) mass is 2180 g/mol. The predicted octanol–water partition coefficient (Wildman–Crippen LogP) is 10.9. The number of nitro groups is 2. The number of halogens is 7. The van der Waals surface area contributed by atoms with E-state index in [0.29, 0.717) is 107 Å². The molecule has 1 saturated carbocycles. The molecule has 0 bridgehead atoms. The number of nitrogen functional groups attached to an aromatic ring is 3. The van der Waals surface area contributed by atoms with Gasteiger partial charge < -0.3 is 108 Å². The van der Waals surface area contributed by atoms with Gasteiger partial charge in [-0.25, -0.2) is 39.9 Å². The first-order valence-corrected chi connectivity index (χ1v) is 42.1. The molecule has 0 aliphatic heterocycles. The third-order valence-electron chi connectivity index (χ3n) is 16.5. The van der Waals surface area contributed by atoms with Crippen molar-refractivity contribution < 1.29 is 67.7 Å².